The number of amides is 1. The van der Waals surface area contributed by atoms with E-state index in [1.807, 2.05) is 0 Å². The summed E-state index contributed by atoms with van der Waals surface area (Å²) in [6, 6.07) is 0.799. The zero-order valence-corrected chi connectivity index (χ0v) is 13.7. The van der Waals surface area contributed by atoms with Crippen LogP contribution in [-0.4, -0.2) is 60.5 Å². The van der Waals surface area contributed by atoms with E-state index in [4.69, 9.17) is 0 Å². The van der Waals surface area contributed by atoms with Crippen molar-refractivity contribution < 1.29 is 4.79 Å². The van der Waals surface area contributed by atoms with Crippen molar-refractivity contribution in [1.82, 2.24) is 15.1 Å². The lowest BCUT2D eigenvalue weighted by Crippen LogP contribution is -2.54. The van der Waals surface area contributed by atoms with Gasteiger partial charge in [0.05, 0.1) is 6.04 Å². The standard InChI is InChI=1S/C17H31N3O/c1-13-10-14(2)12-19(11-13)17(21)16-4-3-9-20(16)15-5-7-18-8-6-15/h13-16,18H,3-12H2,1-2H3. The van der Waals surface area contributed by atoms with Crippen molar-refractivity contribution in [3.63, 3.8) is 0 Å². The Hall–Kier alpha value is -0.610. The monoisotopic (exact) mass is 293 g/mol. The van der Waals surface area contributed by atoms with E-state index in [1.165, 1.54) is 25.7 Å². The summed E-state index contributed by atoms with van der Waals surface area (Å²) in [4.78, 5) is 17.7. The Kier molecular flexibility index (Phi) is 4.85. The SMILES string of the molecule is CC1CC(C)CN(C(=O)C2CCCN2C2CCNCC2)C1. The minimum absolute atomic E-state index is 0.172. The van der Waals surface area contributed by atoms with Crippen LogP contribution in [0.5, 0.6) is 0 Å². The van der Waals surface area contributed by atoms with Gasteiger partial charge in [0.2, 0.25) is 5.91 Å². The number of hydrogen-bond donors (Lipinski definition) is 1. The van der Waals surface area contributed by atoms with E-state index >= 15 is 0 Å². The molecule has 21 heavy (non-hydrogen) atoms. The number of rotatable bonds is 2. The Morgan fingerprint density at radius 3 is 2.38 bits per heavy atom. The Morgan fingerprint density at radius 1 is 1.05 bits per heavy atom. The summed E-state index contributed by atoms with van der Waals surface area (Å²) in [5.41, 5.74) is 0. The molecule has 3 atom stereocenters. The van der Waals surface area contributed by atoms with Gasteiger partial charge >= 0.3 is 0 Å². The van der Waals surface area contributed by atoms with Crippen molar-refractivity contribution in [2.24, 2.45) is 11.8 Å². The number of piperidine rings is 2. The fourth-order valence-corrected chi connectivity index (χ4v) is 4.68. The Bertz CT molecular complexity index is 357. The van der Waals surface area contributed by atoms with E-state index in [1.54, 1.807) is 0 Å². The van der Waals surface area contributed by atoms with Gasteiger partial charge in [-0.05, 0) is 63.6 Å². The molecule has 0 radical (unpaired) electrons. The van der Waals surface area contributed by atoms with Crippen molar-refractivity contribution in [2.75, 3.05) is 32.7 Å². The number of nitrogens with one attached hydrogen (secondary N) is 1. The van der Waals surface area contributed by atoms with Crippen LogP contribution in [0.4, 0.5) is 0 Å². The van der Waals surface area contributed by atoms with E-state index in [-0.39, 0.29) is 6.04 Å². The maximum atomic E-state index is 13.0. The van der Waals surface area contributed by atoms with Crippen LogP contribution in [0.2, 0.25) is 0 Å². The van der Waals surface area contributed by atoms with Crippen LogP contribution in [0, 0.1) is 11.8 Å². The third kappa shape index (κ3) is 3.42. The smallest absolute Gasteiger partial charge is 0.239 e. The summed E-state index contributed by atoms with van der Waals surface area (Å²) >= 11 is 0. The fourth-order valence-electron chi connectivity index (χ4n) is 4.68. The van der Waals surface area contributed by atoms with Gasteiger partial charge in [-0.1, -0.05) is 13.8 Å². The van der Waals surface area contributed by atoms with Gasteiger partial charge in [-0.3, -0.25) is 9.69 Å². The average molecular weight is 293 g/mol. The van der Waals surface area contributed by atoms with Gasteiger partial charge in [-0.2, -0.15) is 0 Å². The molecular weight excluding hydrogens is 262 g/mol. The summed E-state index contributed by atoms with van der Waals surface area (Å²) < 4.78 is 0. The lowest BCUT2D eigenvalue weighted by atomic mass is 9.91. The number of carbonyl (C=O) groups excluding carboxylic acids is 1. The Balaban J connectivity index is 1.65. The first-order chi connectivity index (χ1) is 10.1. The molecule has 0 saturated carbocycles. The van der Waals surface area contributed by atoms with Crippen molar-refractivity contribution in [2.45, 2.75) is 58.0 Å². The molecule has 0 bridgehead atoms. The molecule has 1 amide bonds. The predicted octanol–water partition coefficient (Wildman–Crippen LogP) is 1.71. The van der Waals surface area contributed by atoms with E-state index in [0.717, 1.165) is 39.1 Å². The van der Waals surface area contributed by atoms with Gasteiger partial charge in [0.15, 0.2) is 0 Å². The van der Waals surface area contributed by atoms with Crippen LogP contribution < -0.4 is 5.32 Å². The molecule has 0 aromatic rings. The molecule has 0 aromatic heterocycles. The zero-order chi connectivity index (χ0) is 14.8. The molecule has 3 aliphatic rings. The average Bonchev–Trinajstić information content (AvgIpc) is 2.95. The predicted molar refractivity (Wildman–Crippen MR) is 85.1 cm³/mol. The highest BCUT2D eigenvalue weighted by Crippen LogP contribution is 2.28. The largest absolute Gasteiger partial charge is 0.341 e. The normalized spacial score (nSPS) is 36.1. The maximum Gasteiger partial charge on any atom is 0.239 e. The van der Waals surface area contributed by atoms with E-state index in [9.17, 15) is 4.79 Å². The topological polar surface area (TPSA) is 35.6 Å². The van der Waals surface area contributed by atoms with Crippen LogP contribution in [0.3, 0.4) is 0 Å². The molecule has 3 fully saturated rings. The highest BCUT2D eigenvalue weighted by Gasteiger charge is 2.39. The first kappa shape index (κ1) is 15.3. The number of carbonyl (C=O) groups is 1. The molecule has 4 heteroatoms. The van der Waals surface area contributed by atoms with Gasteiger partial charge in [0.1, 0.15) is 0 Å². The van der Waals surface area contributed by atoms with Gasteiger partial charge in [-0.15, -0.1) is 0 Å². The van der Waals surface area contributed by atoms with Crippen molar-refractivity contribution in [3.05, 3.63) is 0 Å². The van der Waals surface area contributed by atoms with Gasteiger partial charge < -0.3 is 10.2 Å². The molecule has 3 unspecified atom stereocenters. The molecular formula is C17H31N3O. The highest BCUT2D eigenvalue weighted by atomic mass is 16.2. The van der Waals surface area contributed by atoms with E-state index in [2.05, 4.69) is 29.0 Å². The number of nitrogens with zero attached hydrogens (tertiary/aromatic N) is 2. The van der Waals surface area contributed by atoms with Crippen LogP contribution >= 0.6 is 0 Å². The minimum Gasteiger partial charge on any atom is -0.341 e. The fraction of sp³-hybridized carbons (Fsp3) is 0.941. The molecule has 3 aliphatic heterocycles. The second-order valence-corrected chi connectivity index (χ2v) is 7.57. The van der Waals surface area contributed by atoms with Gasteiger partial charge in [-0.25, -0.2) is 0 Å². The Labute approximate surface area is 129 Å². The molecule has 120 valence electrons. The van der Waals surface area contributed by atoms with Crippen LogP contribution in [-0.2, 0) is 4.79 Å². The molecule has 3 rings (SSSR count). The first-order valence-electron chi connectivity index (χ1n) is 8.90. The Morgan fingerprint density at radius 2 is 1.71 bits per heavy atom. The minimum atomic E-state index is 0.172. The summed E-state index contributed by atoms with van der Waals surface area (Å²) in [5.74, 6) is 1.74. The van der Waals surface area contributed by atoms with Crippen molar-refractivity contribution in [1.29, 1.82) is 0 Å². The number of hydrogen-bond acceptors (Lipinski definition) is 3. The summed E-state index contributed by atoms with van der Waals surface area (Å²) in [6.45, 7) is 9.86. The molecule has 3 heterocycles. The third-order valence-corrected chi connectivity index (χ3v) is 5.54. The quantitative estimate of drug-likeness (QED) is 0.842. The molecule has 4 nitrogen and oxygen atoms in total. The summed E-state index contributed by atoms with van der Waals surface area (Å²) in [5, 5.41) is 3.44. The molecule has 0 aliphatic carbocycles. The molecule has 0 aromatic carbocycles. The van der Waals surface area contributed by atoms with E-state index in [0.29, 0.717) is 23.8 Å². The van der Waals surface area contributed by atoms with Crippen molar-refractivity contribution in [3.8, 4) is 0 Å². The highest BCUT2D eigenvalue weighted by molar-refractivity contribution is 5.82. The van der Waals surface area contributed by atoms with Crippen molar-refractivity contribution >= 4 is 5.91 Å². The van der Waals surface area contributed by atoms with E-state index < -0.39 is 0 Å². The summed E-state index contributed by atoms with van der Waals surface area (Å²) in [6.07, 6.45) is 5.95. The van der Waals surface area contributed by atoms with Gasteiger partial charge in [0, 0.05) is 19.1 Å². The first-order valence-corrected chi connectivity index (χ1v) is 8.90. The molecule has 1 N–H and O–H groups in total. The molecule has 0 spiro atoms. The van der Waals surface area contributed by atoms with Crippen LogP contribution in [0.25, 0.3) is 0 Å². The maximum absolute atomic E-state index is 13.0. The zero-order valence-electron chi connectivity index (χ0n) is 13.7. The third-order valence-electron chi connectivity index (χ3n) is 5.54. The van der Waals surface area contributed by atoms with Crippen LogP contribution in [0.15, 0.2) is 0 Å². The van der Waals surface area contributed by atoms with Crippen LogP contribution in [0.1, 0.15) is 46.0 Å². The second-order valence-electron chi connectivity index (χ2n) is 7.57. The van der Waals surface area contributed by atoms with Gasteiger partial charge in [0.25, 0.3) is 0 Å². The number of likely N-dealkylation sites (tertiary alicyclic amines) is 2. The summed E-state index contributed by atoms with van der Waals surface area (Å²) in [7, 11) is 0. The second kappa shape index (κ2) is 6.66. The lowest BCUT2D eigenvalue weighted by molar-refractivity contribution is -0.139. The molecule has 3 saturated heterocycles. The lowest BCUT2D eigenvalue weighted by Gasteiger charge is -2.40.